The minimum atomic E-state index is -3.73. The average molecular weight is 531 g/mol. The number of methoxy groups -OCH3 is 1. The summed E-state index contributed by atoms with van der Waals surface area (Å²) in [6.07, 6.45) is -3.05. The van der Waals surface area contributed by atoms with Gasteiger partial charge in [-0.15, -0.1) is 8.78 Å². The van der Waals surface area contributed by atoms with E-state index < -0.39 is 30.0 Å². The van der Waals surface area contributed by atoms with E-state index in [9.17, 15) is 18.4 Å². The molecule has 4 aliphatic rings. The van der Waals surface area contributed by atoms with E-state index in [0.717, 1.165) is 18.5 Å². The van der Waals surface area contributed by atoms with Crippen LogP contribution in [0.25, 0.3) is 0 Å². The van der Waals surface area contributed by atoms with Gasteiger partial charge < -0.3 is 34.3 Å². The Kier molecular flexibility index (Phi) is 6.14. The van der Waals surface area contributed by atoms with Crippen molar-refractivity contribution in [1.82, 2.24) is 10.6 Å². The van der Waals surface area contributed by atoms with Gasteiger partial charge in [-0.05, 0) is 55.6 Å². The minimum absolute atomic E-state index is 0.0705. The number of halogens is 2. The highest BCUT2D eigenvalue weighted by atomic mass is 19.3. The first-order chi connectivity index (χ1) is 18.3. The largest absolute Gasteiger partial charge is 0.586 e. The van der Waals surface area contributed by atoms with Gasteiger partial charge in [-0.2, -0.15) is 0 Å². The minimum Gasteiger partial charge on any atom is -0.497 e. The molecule has 0 aromatic heterocycles. The first kappa shape index (κ1) is 24.9. The smallest absolute Gasteiger partial charge is 0.497 e. The summed E-state index contributed by atoms with van der Waals surface area (Å²) in [5, 5.41) is 6.32. The maximum Gasteiger partial charge on any atom is 0.586 e. The molecule has 2 fully saturated rings. The number of nitrogens with one attached hydrogen (secondary N) is 2. The van der Waals surface area contributed by atoms with Gasteiger partial charge in [0.25, 0.3) is 0 Å². The third-order valence-electron chi connectivity index (χ3n) is 7.54. The highest BCUT2D eigenvalue weighted by molar-refractivity contribution is 5.92. The molecule has 0 radical (unpaired) electrons. The van der Waals surface area contributed by atoms with Crippen molar-refractivity contribution in [3.63, 3.8) is 0 Å². The molecular formula is C27H28F2N2O7. The van der Waals surface area contributed by atoms with E-state index in [1.165, 1.54) is 19.2 Å². The summed E-state index contributed by atoms with van der Waals surface area (Å²) in [4.78, 5) is 27.0. The summed E-state index contributed by atoms with van der Waals surface area (Å²) in [5.74, 6) is 0.401. The molecule has 1 amide bonds. The number of amides is 1. The van der Waals surface area contributed by atoms with Gasteiger partial charge in [-0.3, -0.25) is 9.59 Å². The molecule has 2 aromatic rings. The molecule has 1 saturated heterocycles. The van der Waals surface area contributed by atoms with E-state index in [0.29, 0.717) is 43.1 Å². The molecule has 38 heavy (non-hydrogen) atoms. The molecule has 3 atom stereocenters. The van der Waals surface area contributed by atoms with E-state index in [1.807, 2.05) is 6.07 Å². The lowest BCUT2D eigenvalue weighted by molar-refractivity contribution is -0.286. The number of Topliss-reactive ketones (excluding diaryl/α,β-unsaturated/α-hetero) is 1. The third-order valence-corrected chi connectivity index (χ3v) is 7.54. The molecule has 1 unspecified atom stereocenters. The maximum absolute atomic E-state index is 13.7. The summed E-state index contributed by atoms with van der Waals surface area (Å²) in [5.41, 5.74) is 0.418. The molecule has 1 saturated carbocycles. The molecule has 2 N–H and O–H groups in total. The number of carbonyl (C=O) groups excluding carboxylic acids is 2. The van der Waals surface area contributed by atoms with Crippen LogP contribution in [0.1, 0.15) is 42.9 Å². The third kappa shape index (κ3) is 4.54. The van der Waals surface area contributed by atoms with Gasteiger partial charge in [0.15, 0.2) is 17.6 Å². The fraction of sp³-hybridized carbons (Fsp3) is 0.481. The second-order valence-corrected chi connectivity index (χ2v) is 10.0. The SMILES string of the molecule is COc1ccc2c(c1)O[C@@H](C(=O)C1CNCCCO1)C[C@@H]2NC(=O)C1(c2ccc3c(c2)OC(F)(F)O3)CC1. The Morgan fingerprint density at radius 1 is 1.05 bits per heavy atom. The van der Waals surface area contributed by atoms with Crippen LogP contribution in [0, 0.1) is 0 Å². The van der Waals surface area contributed by atoms with Crippen molar-refractivity contribution < 1.29 is 42.1 Å². The van der Waals surface area contributed by atoms with E-state index in [1.54, 1.807) is 18.2 Å². The molecule has 9 nitrogen and oxygen atoms in total. The number of rotatable bonds is 6. The number of ether oxygens (including phenoxy) is 5. The average Bonchev–Trinajstić information content (AvgIpc) is 3.69. The van der Waals surface area contributed by atoms with Crippen molar-refractivity contribution in [1.29, 1.82) is 0 Å². The number of alkyl halides is 2. The quantitative estimate of drug-likeness (QED) is 0.588. The fourth-order valence-electron chi connectivity index (χ4n) is 5.30. The van der Waals surface area contributed by atoms with Crippen molar-refractivity contribution in [3.8, 4) is 23.0 Å². The lowest BCUT2D eigenvalue weighted by Crippen LogP contribution is -2.47. The topological polar surface area (TPSA) is 104 Å². The van der Waals surface area contributed by atoms with Gasteiger partial charge in [-0.1, -0.05) is 6.07 Å². The summed E-state index contributed by atoms with van der Waals surface area (Å²) in [6.45, 7) is 1.64. The van der Waals surface area contributed by atoms with Crippen LogP contribution in [0.3, 0.4) is 0 Å². The van der Waals surface area contributed by atoms with Crippen LogP contribution in [0.2, 0.25) is 0 Å². The Balaban J connectivity index is 1.25. The van der Waals surface area contributed by atoms with Gasteiger partial charge in [0, 0.05) is 31.2 Å². The molecule has 0 bridgehead atoms. The molecule has 6 rings (SSSR count). The number of benzene rings is 2. The summed E-state index contributed by atoms with van der Waals surface area (Å²) in [7, 11) is 1.54. The highest BCUT2D eigenvalue weighted by Crippen LogP contribution is 2.52. The number of carbonyl (C=O) groups is 2. The molecule has 2 aromatic carbocycles. The summed E-state index contributed by atoms with van der Waals surface area (Å²) in [6, 6.07) is 9.21. The van der Waals surface area contributed by atoms with Crippen molar-refractivity contribution in [3.05, 3.63) is 47.5 Å². The predicted octanol–water partition coefficient (Wildman–Crippen LogP) is 3.00. The Morgan fingerprint density at radius 2 is 1.87 bits per heavy atom. The number of hydrogen-bond donors (Lipinski definition) is 2. The molecule has 11 heteroatoms. The molecular weight excluding hydrogens is 502 g/mol. The molecule has 3 heterocycles. The molecule has 0 spiro atoms. The number of ketones is 1. The van der Waals surface area contributed by atoms with Crippen LogP contribution in [0.5, 0.6) is 23.0 Å². The van der Waals surface area contributed by atoms with Crippen molar-refractivity contribution in [2.45, 2.75) is 55.6 Å². The van der Waals surface area contributed by atoms with Crippen molar-refractivity contribution >= 4 is 11.7 Å². The Bertz CT molecular complexity index is 1260. The van der Waals surface area contributed by atoms with Gasteiger partial charge in [0.1, 0.15) is 17.6 Å². The fourth-order valence-corrected chi connectivity index (χ4v) is 5.30. The lowest BCUT2D eigenvalue weighted by atomic mass is 9.90. The van der Waals surface area contributed by atoms with E-state index >= 15 is 0 Å². The highest BCUT2D eigenvalue weighted by Gasteiger charge is 2.53. The molecule has 202 valence electrons. The zero-order valence-electron chi connectivity index (χ0n) is 20.8. The monoisotopic (exact) mass is 530 g/mol. The number of hydrogen-bond acceptors (Lipinski definition) is 8. The molecule has 1 aliphatic carbocycles. The van der Waals surface area contributed by atoms with E-state index in [-0.39, 0.29) is 29.6 Å². The van der Waals surface area contributed by atoms with Gasteiger partial charge in [0.05, 0.1) is 18.6 Å². The first-order valence-electron chi connectivity index (χ1n) is 12.7. The summed E-state index contributed by atoms with van der Waals surface area (Å²) >= 11 is 0. The second kappa shape index (κ2) is 9.39. The molecule has 3 aliphatic heterocycles. The maximum atomic E-state index is 13.7. The zero-order chi connectivity index (χ0) is 26.5. The van der Waals surface area contributed by atoms with Gasteiger partial charge >= 0.3 is 6.29 Å². The van der Waals surface area contributed by atoms with Crippen molar-refractivity contribution in [2.75, 3.05) is 26.8 Å². The predicted molar refractivity (Wildman–Crippen MR) is 129 cm³/mol. The summed E-state index contributed by atoms with van der Waals surface area (Å²) < 4.78 is 53.3. The zero-order valence-corrected chi connectivity index (χ0v) is 20.8. The number of fused-ring (bicyclic) bond motifs is 2. The van der Waals surface area contributed by atoms with Crippen LogP contribution in [-0.2, 0) is 19.7 Å². The van der Waals surface area contributed by atoms with Crippen LogP contribution >= 0.6 is 0 Å². The van der Waals surface area contributed by atoms with E-state index in [4.69, 9.17) is 14.2 Å². The van der Waals surface area contributed by atoms with E-state index in [2.05, 4.69) is 20.1 Å². The van der Waals surface area contributed by atoms with Crippen LogP contribution < -0.4 is 29.6 Å². The van der Waals surface area contributed by atoms with Gasteiger partial charge in [0.2, 0.25) is 11.7 Å². The Labute approximate surface area is 217 Å². The van der Waals surface area contributed by atoms with Crippen LogP contribution in [0.4, 0.5) is 8.78 Å². The van der Waals surface area contributed by atoms with Crippen LogP contribution in [0.15, 0.2) is 36.4 Å². The van der Waals surface area contributed by atoms with Crippen molar-refractivity contribution in [2.24, 2.45) is 0 Å². The van der Waals surface area contributed by atoms with Gasteiger partial charge in [-0.25, -0.2) is 0 Å². The normalized spacial score (nSPS) is 26.3. The first-order valence-corrected chi connectivity index (χ1v) is 12.7. The lowest BCUT2D eigenvalue weighted by Gasteiger charge is -2.34. The standard InChI is InChI=1S/C27H28F2N2O7/c1-34-16-4-5-17-18(13-22(36-20(17)12-16)24(32)23-14-30-9-2-10-35-23)31-25(33)26(7-8-26)15-3-6-19-21(11-15)38-27(28,29)37-19/h3-6,11-12,18,22-23,30H,2,7-10,13-14H2,1H3,(H,31,33)/t18-,22+,23?/m0/s1. The second-order valence-electron chi connectivity index (χ2n) is 10.0. The Hall–Kier alpha value is -3.44. The Morgan fingerprint density at radius 3 is 2.66 bits per heavy atom. The van der Waals surface area contributed by atoms with Crippen LogP contribution in [-0.4, -0.2) is 57.0 Å².